The Morgan fingerprint density at radius 3 is 2.05 bits per heavy atom. The van der Waals surface area contributed by atoms with Crippen molar-refractivity contribution >= 4 is 17.7 Å². The van der Waals surface area contributed by atoms with Crippen molar-refractivity contribution in [2.75, 3.05) is 5.32 Å². The van der Waals surface area contributed by atoms with Gasteiger partial charge in [-0.3, -0.25) is 4.79 Å². The van der Waals surface area contributed by atoms with Crippen LogP contribution in [0, 0.1) is 23.0 Å². The Hall–Kier alpha value is -3.00. The van der Waals surface area contributed by atoms with Gasteiger partial charge in [-0.15, -0.1) is 0 Å². The van der Waals surface area contributed by atoms with Crippen LogP contribution in [0.4, 0.5) is 14.5 Å². The zero-order chi connectivity index (χ0) is 15.2. The third kappa shape index (κ3) is 3.98. The predicted molar refractivity (Wildman–Crippen MR) is 75.0 cm³/mol. The molecule has 2 rings (SSSR count). The van der Waals surface area contributed by atoms with E-state index < -0.39 is 17.5 Å². The number of rotatable bonds is 3. The molecule has 0 aliphatic heterocycles. The largest absolute Gasteiger partial charge is 0.321 e. The first kappa shape index (κ1) is 14.4. The number of halogens is 2. The maximum Gasteiger partial charge on any atom is 0.266 e. The lowest BCUT2D eigenvalue weighted by Gasteiger charge is -2.04. The van der Waals surface area contributed by atoms with Gasteiger partial charge in [0.15, 0.2) is 0 Å². The predicted octanol–water partition coefficient (Wildman–Crippen LogP) is 3.51. The smallest absolute Gasteiger partial charge is 0.266 e. The van der Waals surface area contributed by atoms with E-state index in [4.69, 9.17) is 5.26 Å². The minimum atomic E-state index is -0.617. The van der Waals surface area contributed by atoms with Gasteiger partial charge < -0.3 is 5.32 Å². The number of nitrogens with one attached hydrogen (secondary N) is 1. The van der Waals surface area contributed by atoms with Crippen LogP contribution in [0.5, 0.6) is 0 Å². The maximum atomic E-state index is 12.8. The summed E-state index contributed by atoms with van der Waals surface area (Å²) in [5.41, 5.74) is 0.773. The third-order valence-electron chi connectivity index (χ3n) is 2.65. The molecule has 0 atom stereocenters. The Morgan fingerprint density at radius 2 is 1.52 bits per heavy atom. The van der Waals surface area contributed by atoms with E-state index in [1.807, 2.05) is 0 Å². The first-order valence-electron chi connectivity index (χ1n) is 6.03. The van der Waals surface area contributed by atoms with Crippen molar-refractivity contribution in [2.45, 2.75) is 0 Å². The summed E-state index contributed by atoms with van der Waals surface area (Å²) in [6.45, 7) is 0. The normalized spacial score (nSPS) is 10.8. The van der Waals surface area contributed by atoms with E-state index in [0.29, 0.717) is 11.3 Å². The van der Waals surface area contributed by atoms with E-state index in [9.17, 15) is 13.6 Å². The number of amides is 1. The minimum Gasteiger partial charge on any atom is -0.321 e. The molecule has 3 nitrogen and oxygen atoms in total. The number of carbonyl (C=O) groups excluding carboxylic acids is 1. The van der Waals surface area contributed by atoms with Crippen molar-refractivity contribution in [3.8, 4) is 6.07 Å². The summed E-state index contributed by atoms with van der Waals surface area (Å²) in [6, 6.07) is 12.3. The molecule has 0 radical (unpaired) electrons. The highest BCUT2D eigenvalue weighted by molar-refractivity contribution is 6.09. The van der Waals surface area contributed by atoms with Gasteiger partial charge in [-0.25, -0.2) is 8.78 Å². The number of carbonyl (C=O) groups is 1. The summed E-state index contributed by atoms with van der Waals surface area (Å²) in [7, 11) is 0. The van der Waals surface area contributed by atoms with Crippen LogP contribution >= 0.6 is 0 Å². The van der Waals surface area contributed by atoms with Crippen LogP contribution in [0.25, 0.3) is 6.08 Å². The molecular weight excluding hydrogens is 274 g/mol. The quantitative estimate of drug-likeness (QED) is 0.692. The first-order valence-corrected chi connectivity index (χ1v) is 6.03. The van der Waals surface area contributed by atoms with Crippen LogP contribution in [0.2, 0.25) is 0 Å². The van der Waals surface area contributed by atoms with Crippen LogP contribution in [-0.2, 0) is 4.79 Å². The molecule has 2 aromatic carbocycles. The Labute approximate surface area is 120 Å². The molecule has 0 bridgehead atoms. The molecule has 0 unspecified atom stereocenters. The second kappa shape index (κ2) is 6.44. The molecule has 1 N–H and O–H groups in total. The first-order chi connectivity index (χ1) is 10.1. The van der Waals surface area contributed by atoms with Crippen molar-refractivity contribution < 1.29 is 13.6 Å². The molecule has 2 aromatic rings. The summed E-state index contributed by atoms with van der Waals surface area (Å²) in [6.07, 6.45) is 1.35. The van der Waals surface area contributed by atoms with Gasteiger partial charge in [0, 0.05) is 5.69 Å². The summed E-state index contributed by atoms with van der Waals surface area (Å²) < 4.78 is 25.6. The van der Waals surface area contributed by atoms with Gasteiger partial charge in [0.25, 0.3) is 5.91 Å². The summed E-state index contributed by atoms with van der Waals surface area (Å²) in [5, 5.41) is 11.5. The third-order valence-corrected chi connectivity index (χ3v) is 2.65. The molecule has 0 fully saturated rings. The van der Waals surface area contributed by atoms with Crippen LogP contribution < -0.4 is 5.32 Å². The monoisotopic (exact) mass is 284 g/mol. The molecule has 0 saturated heterocycles. The van der Waals surface area contributed by atoms with E-state index in [1.54, 1.807) is 6.07 Å². The average molecular weight is 284 g/mol. The Balaban J connectivity index is 2.17. The zero-order valence-electron chi connectivity index (χ0n) is 10.8. The second-order valence-electron chi connectivity index (χ2n) is 4.18. The highest BCUT2D eigenvalue weighted by Crippen LogP contribution is 2.12. The van der Waals surface area contributed by atoms with Gasteiger partial charge in [-0.2, -0.15) is 5.26 Å². The fourth-order valence-corrected chi connectivity index (χ4v) is 1.61. The van der Waals surface area contributed by atoms with E-state index in [1.165, 1.54) is 54.6 Å². The van der Waals surface area contributed by atoms with Gasteiger partial charge in [0.05, 0.1) is 0 Å². The number of hydrogen-bond acceptors (Lipinski definition) is 2. The van der Waals surface area contributed by atoms with Gasteiger partial charge in [0.2, 0.25) is 0 Å². The van der Waals surface area contributed by atoms with E-state index in [-0.39, 0.29) is 5.57 Å². The van der Waals surface area contributed by atoms with Crippen molar-refractivity contribution in [1.82, 2.24) is 0 Å². The van der Waals surface area contributed by atoms with Crippen molar-refractivity contribution in [3.63, 3.8) is 0 Å². The maximum absolute atomic E-state index is 12.8. The number of anilines is 1. The second-order valence-corrected chi connectivity index (χ2v) is 4.18. The molecule has 0 aliphatic rings. The standard InChI is InChI=1S/C16H10F2N2O/c17-13-3-1-11(2-4-13)9-12(10-19)16(21)20-15-7-5-14(18)6-8-15/h1-9H,(H,20,21)/b12-9+. The molecule has 21 heavy (non-hydrogen) atoms. The Bertz CT molecular complexity index is 713. The number of benzene rings is 2. The fourth-order valence-electron chi connectivity index (χ4n) is 1.61. The van der Waals surface area contributed by atoms with Crippen LogP contribution in [0.3, 0.4) is 0 Å². The number of nitriles is 1. The Kier molecular flexibility index (Phi) is 4.42. The van der Waals surface area contributed by atoms with Crippen LogP contribution in [-0.4, -0.2) is 5.91 Å². The van der Waals surface area contributed by atoms with E-state index in [2.05, 4.69) is 5.32 Å². The summed E-state index contributed by atoms with van der Waals surface area (Å²) >= 11 is 0. The van der Waals surface area contributed by atoms with Gasteiger partial charge in [-0.05, 0) is 48.0 Å². The van der Waals surface area contributed by atoms with Crippen molar-refractivity contribution in [2.24, 2.45) is 0 Å². The molecule has 0 aromatic heterocycles. The topological polar surface area (TPSA) is 52.9 Å². The van der Waals surface area contributed by atoms with E-state index in [0.717, 1.165) is 0 Å². The molecule has 0 spiro atoms. The molecular formula is C16H10F2N2O. The lowest BCUT2D eigenvalue weighted by Crippen LogP contribution is -2.13. The SMILES string of the molecule is N#C/C(=C\c1ccc(F)cc1)C(=O)Nc1ccc(F)cc1. The summed E-state index contributed by atoms with van der Waals surface area (Å²) in [5.74, 6) is -1.44. The van der Waals surface area contributed by atoms with E-state index >= 15 is 0 Å². The van der Waals surface area contributed by atoms with Crippen molar-refractivity contribution in [1.29, 1.82) is 5.26 Å². The van der Waals surface area contributed by atoms with Crippen LogP contribution in [0.1, 0.15) is 5.56 Å². The molecule has 5 heteroatoms. The average Bonchev–Trinajstić information content (AvgIpc) is 2.49. The summed E-state index contributed by atoms with van der Waals surface area (Å²) in [4.78, 5) is 11.9. The zero-order valence-corrected chi connectivity index (χ0v) is 10.8. The molecule has 0 heterocycles. The molecule has 0 aliphatic carbocycles. The van der Waals surface area contributed by atoms with Gasteiger partial charge in [0.1, 0.15) is 23.3 Å². The molecule has 0 saturated carbocycles. The van der Waals surface area contributed by atoms with Crippen LogP contribution in [0.15, 0.2) is 54.1 Å². The Morgan fingerprint density at radius 1 is 1.00 bits per heavy atom. The van der Waals surface area contributed by atoms with Gasteiger partial charge in [-0.1, -0.05) is 12.1 Å². The van der Waals surface area contributed by atoms with Crippen molar-refractivity contribution in [3.05, 3.63) is 71.3 Å². The number of nitrogens with zero attached hydrogens (tertiary/aromatic N) is 1. The lowest BCUT2D eigenvalue weighted by atomic mass is 10.1. The number of hydrogen-bond donors (Lipinski definition) is 1. The molecule has 1 amide bonds. The molecule has 104 valence electrons. The minimum absolute atomic E-state index is 0.133. The fraction of sp³-hybridized carbons (Fsp3) is 0. The highest BCUT2D eigenvalue weighted by atomic mass is 19.1. The lowest BCUT2D eigenvalue weighted by molar-refractivity contribution is -0.112. The highest BCUT2D eigenvalue weighted by Gasteiger charge is 2.09. The van der Waals surface area contributed by atoms with Gasteiger partial charge >= 0.3 is 0 Å².